The van der Waals surface area contributed by atoms with Gasteiger partial charge in [-0.2, -0.15) is 0 Å². The van der Waals surface area contributed by atoms with Crippen LogP contribution < -0.4 is 0 Å². The Labute approximate surface area is 110 Å². The van der Waals surface area contributed by atoms with Crippen molar-refractivity contribution in [3.63, 3.8) is 0 Å². The molecule has 0 N–H and O–H groups in total. The summed E-state index contributed by atoms with van der Waals surface area (Å²) in [6.45, 7) is 3.10. The molecule has 16 heavy (non-hydrogen) atoms. The zero-order valence-electron chi connectivity index (χ0n) is 9.08. The highest BCUT2D eigenvalue weighted by molar-refractivity contribution is 7.99. The molecule has 1 aromatic carbocycles. The summed E-state index contributed by atoms with van der Waals surface area (Å²) in [4.78, 5) is 0. The molecular formula is C12H14Cl2OS. The smallest absolute Gasteiger partial charge is 0.103 e. The molecule has 1 aromatic rings. The summed E-state index contributed by atoms with van der Waals surface area (Å²) in [5.74, 6) is 1.56. The summed E-state index contributed by atoms with van der Waals surface area (Å²) in [6, 6.07) is 5.65. The number of benzene rings is 1. The van der Waals surface area contributed by atoms with Gasteiger partial charge in [-0.05, 0) is 30.0 Å². The predicted molar refractivity (Wildman–Crippen MR) is 71.3 cm³/mol. The van der Waals surface area contributed by atoms with E-state index in [1.807, 2.05) is 23.9 Å². The van der Waals surface area contributed by atoms with E-state index in [9.17, 15) is 0 Å². The SMILES string of the molecule is C[C@H]1COC(SCc2ccc(Cl)cc2Cl)C1. The molecule has 2 atom stereocenters. The van der Waals surface area contributed by atoms with E-state index < -0.39 is 0 Å². The molecule has 1 saturated heterocycles. The van der Waals surface area contributed by atoms with Crippen molar-refractivity contribution in [2.24, 2.45) is 5.92 Å². The monoisotopic (exact) mass is 276 g/mol. The number of halogens is 2. The lowest BCUT2D eigenvalue weighted by atomic mass is 10.2. The van der Waals surface area contributed by atoms with Gasteiger partial charge in [-0.15, -0.1) is 11.8 Å². The minimum absolute atomic E-state index is 0.321. The first-order valence-electron chi connectivity index (χ1n) is 5.32. The molecule has 88 valence electrons. The first-order valence-corrected chi connectivity index (χ1v) is 7.13. The fourth-order valence-corrected chi connectivity index (χ4v) is 3.48. The van der Waals surface area contributed by atoms with Crippen molar-refractivity contribution < 1.29 is 4.74 Å². The van der Waals surface area contributed by atoms with Crippen LogP contribution in [0.25, 0.3) is 0 Å². The molecule has 0 aromatic heterocycles. The number of thioether (sulfide) groups is 1. The maximum Gasteiger partial charge on any atom is 0.103 e. The zero-order valence-corrected chi connectivity index (χ0v) is 11.4. The van der Waals surface area contributed by atoms with Gasteiger partial charge in [0.2, 0.25) is 0 Å². The van der Waals surface area contributed by atoms with Gasteiger partial charge < -0.3 is 4.74 Å². The second-order valence-electron chi connectivity index (χ2n) is 4.15. The van der Waals surface area contributed by atoms with Crippen LogP contribution in [0.15, 0.2) is 18.2 Å². The van der Waals surface area contributed by atoms with Crippen molar-refractivity contribution in [2.75, 3.05) is 6.61 Å². The second-order valence-corrected chi connectivity index (χ2v) is 6.14. The molecule has 0 saturated carbocycles. The van der Waals surface area contributed by atoms with Crippen LogP contribution in [-0.2, 0) is 10.5 Å². The lowest BCUT2D eigenvalue weighted by molar-refractivity contribution is 0.166. The normalized spacial score (nSPS) is 24.9. The van der Waals surface area contributed by atoms with Crippen molar-refractivity contribution in [3.05, 3.63) is 33.8 Å². The molecule has 0 radical (unpaired) electrons. The Morgan fingerprint density at radius 2 is 2.25 bits per heavy atom. The molecule has 1 fully saturated rings. The largest absolute Gasteiger partial charge is 0.367 e. The molecule has 0 spiro atoms. The Hall–Kier alpha value is 0.110. The highest BCUT2D eigenvalue weighted by Gasteiger charge is 2.22. The van der Waals surface area contributed by atoms with Crippen LogP contribution in [0.3, 0.4) is 0 Å². The summed E-state index contributed by atoms with van der Waals surface area (Å²) < 4.78 is 5.64. The van der Waals surface area contributed by atoms with Crippen LogP contribution >= 0.6 is 35.0 Å². The first kappa shape index (κ1) is 12.6. The summed E-state index contributed by atoms with van der Waals surface area (Å²) in [6.07, 6.45) is 1.13. The molecule has 2 rings (SSSR count). The third-order valence-corrected chi connectivity index (χ3v) is 4.37. The van der Waals surface area contributed by atoms with Gasteiger partial charge in [-0.3, -0.25) is 0 Å². The molecular weight excluding hydrogens is 263 g/mol. The summed E-state index contributed by atoms with van der Waals surface area (Å²) in [7, 11) is 0. The van der Waals surface area contributed by atoms with Gasteiger partial charge >= 0.3 is 0 Å². The van der Waals surface area contributed by atoms with E-state index in [0.29, 0.717) is 16.4 Å². The molecule has 1 heterocycles. The van der Waals surface area contributed by atoms with Crippen LogP contribution in [0.5, 0.6) is 0 Å². The second kappa shape index (κ2) is 5.63. The van der Waals surface area contributed by atoms with Gasteiger partial charge in [0.25, 0.3) is 0 Å². The van der Waals surface area contributed by atoms with E-state index in [-0.39, 0.29) is 0 Å². The zero-order chi connectivity index (χ0) is 11.5. The van der Waals surface area contributed by atoms with Crippen molar-refractivity contribution in [3.8, 4) is 0 Å². The molecule has 0 amide bonds. The fourth-order valence-electron chi connectivity index (χ4n) is 1.67. The van der Waals surface area contributed by atoms with Crippen molar-refractivity contribution in [1.82, 2.24) is 0 Å². The average Bonchev–Trinajstić information content (AvgIpc) is 2.63. The van der Waals surface area contributed by atoms with Gasteiger partial charge in [0.15, 0.2) is 0 Å². The Kier molecular flexibility index (Phi) is 4.42. The van der Waals surface area contributed by atoms with Crippen LogP contribution in [0.1, 0.15) is 18.9 Å². The maximum absolute atomic E-state index is 6.11. The third-order valence-electron chi connectivity index (χ3n) is 2.60. The van der Waals surface area contributed by atoms with Gasteiger partial charge in [0.1, 0.15) is 5.44 Å². The quantitative estimate of drug-likeness (QED) is 0.798. The van der Waals surface area contributed by atoms with E-state index in [2.05, 4.69) is 6.92 Å². The molecule has 0 bridgehead atoms. The van der Waals surface area contributed by atoms with Gasteiger partial charge in [-0.1, -0.05) is 36.2 Å². The van der Waals surface area contributed by atoms with E-state index in [0.717, 1.165) is 29.4 Å². The van der Waals surface area contributed by atoms with Gasteiger partial charge in [0, 0.05) is 15.8 Å². The number of rotatable bonds is 3. The summed E-state index contributed by atoms with van der Waals surface area (Å²) in [5, 5.41) is 1.43. The van der Waals surface area contributed by atoms with E-state index in [1.165, 1.54) is 0 Å². The summed E-state index contributed by atoms with van der Waals surface area (Å²) in [5.41, 5.74) is 1.45. The minimum Gasteiger partial charge on any atom is -0.367 e. The van der Waals surface area contributed by atoms with Crippen molar-refractivity contribution >= 4 is 35.0 Å². The van der Waals surface area contributed by atoms with Crippen LogP contribution in [0.2, 0.25) is 10.0 Å². The topological polar surface area (TPSA) is 9.23 Å². The van der Waals surface area contributed by atoms with E-state index in [1.54, 1.807) is 6.07 Å². The average molecular weight is 277 g/mol. The maximum atomic E-state index is 6.11. The Morgan fingerprint density at radius 3 is 2.88 bits per heavy atom. The molecule has 4 heteroatoms. The lowest BCUT2D eigenvalue weighted by Gasteiger charge is -2.10. The van der Waals surface area contributed by atoms with Crippen molar-refractivity contribution in [1.29, 1.82) is 0 Å². The predicted octanol–water partition coefficient (Wildman–Crippen LogP) is 4.61. The number of hydrogen-bond acceptors (Lipinski definition) is 2. The molecule has 1 aliphatic rings. The molecule has 1 aliphatic heterocycles. The molecule has 1 unspecified atom stereocenters. The molecule has 0 aliphatic carbocycles. The Morgan fingerprint density at radius 1 is 1.44 bits per heavy atom. The lowest BCUT2D eigenvalue weighted by Crippen LogP contribution is -1.99. The standard InChI is InChI=1S/C12H14Cl2OS/c1-8-4-12(15-6-8)16-7-9-2-3-10(13)5-11(9)14/h2-3,5,8,12H,4,6-7H2,1H3/t8-,12?/m1/s1. The fraction of sp³-hybridized carbons (Fsp3) is 0.500. The highest BCUT2D eigenvalue weighted by Crippen LogP contribution is 2.32. The van der Waals surface area contributed by atoms with Gasteiger partial charge in [0.05, 0.1) is 6.61 Å². The number of hydrogen-bond donors (Lipinski definition) is 0. The Bertz CT molecular complexity index is 370. The minimum atomic E-state index is 0.321. The van der Waals surface area contributed by atoms with Gasteiger partial charge in [-0.25, -0.2) is 0 Å². The summed E-state index contributed by atoms with van der Waals surface area (Å²) >= 11 is 13.8. The van der Waals surface area contributed by atoms with Crippen LogP contribution in [-0.4, -0.2) is 12.0 Å². The van der Waals surface area contributed by atoms with E-state index in [4.69, 9.17) is 27.9 Å². The first-order chi connectivity index (χ1) is 7.65. The van der Waals surface area contributed by atoms with Crippen LogP contribution in [0.4, 0.5) is 0 Å². The molecule has 1 nitrogen and oxygen atoms in total. The van der Waals surface area contributed by atoms with Crippen molar-refractivity contribution in [2.45, 2.75) is 24.5 Å². The van der Waals surface area contributed by atoms with E-state index >= 15 is 0 Å². The third kappa shape index (κ3) is 3.30. The highest BCUT2D eigenvalue weighted by atomic mass is 35.5. The van der Waals surface area contributed by atoms with Crippen LogP contribution in [0, 0.1) is 5.92 Å². The Balaban J connectivity index is 1.89. The number of ether oxygens (including phenoxy) is 1.